The fourth-order valence-electron chi connectivity index (χ4n) is 3.26. The van der Waals surface area contributed by atoms with E-state index in [4.69, 9.17) is 14.6 Å². The van der Waals surface area contributed by atoms with Crippen LogP contribution in [0.1, 0.15) is 5.69 Å². The SMILES string of the molecule is c1ccc2c(c1)Oc1nccnc1-n1nc(CN3CCOCC3)cc1-2. The van der Waals surface area contributed by atoms with Crippen LogP contribution in [0.5, 0.6) is 11.6 Å². The lowest BCUT2D eigenvalue weighted by Gasteiger charge is -2.25. The van der Waals surface area contributed by atoms with E-state index in [-0.39, 0.29) is 0 Å². The number of hydrogen-bond donors (Lipinski definition) is 0. The molecule has 1 saturated heterocycles. The van der Waals surface area contributed by atoms with Gasteiger partial charge in [-0.05, 0) is 18.2 Å². The molecule has 7 heteroatoms. The lowest BCUT2D eigenvalue weighted by molar-refractivity contribution is 0.0336. The van der Waals surface area contributed by atoms with Crippen molar-refractivity contribution in [2.75, 3.05) is 26.3 Å². The minimum Gasteiger partial charge on any atom is -0.435 e. The maximum atomic E-state index is 5.97. The average Bonchev–Trinajstić information content (AvgIpc) is 3.01. The third kappa shape index (κ3) is 2.57. The molecule has 2 aliphatic rings. The Hall–Kier alpha value is -2.77. The first kappa shape index (κ1) is 14.6. The summed E-state index contributed by atoms with van der Waals surface area (Å²) in [5, 5.41) is 4.80. The van der Waals surface area contributed by atoms with Gasteiger partial charge < -0.3 is 9.47 Å². The Morgan fingerprint density at radius 1 is 1.04 bits per heavy atom. The summed E-state index contributed by atoms with van der Waals surface area (Å²) in [5.41, 5.74) is 2.96. The molecule has 0 unspecified atom stereocenters. The van der Waals surface area contributed by atoms with Gasteiger partial charge in [-0.25, -0.2) is 14.6 Å². The van der Waals surface area contributed by atoms with Crippen molar-refractivity contribution in [3.63, 3.8) is 0 Å². The molecule has 0 atom stereocenters. The second-order valence-corrected chi connectivity index (χ2v) is 6.10. The zero-order valence-corrected chi connectivity index (χ0v) is 13.6. The van der Waals surface area contributed by atoms with Gasteiger partial charge in [-0.3, -0.25) is 4.90 Å². The zero-order chi connectivity index (χ0) is 16.6. The van der Waals surface area contributed by atoms with E-state index < -0.39 is 0 Å². The third-order valence-corrected chi connectivity index (χ3v) is 4.47. The summed E-state index contributed by atoms with van der Waals surface area (Å²) in [7, 11) is 0. The van der Waals surface area contributed by atoms with Crippen LogP contribution >= 0.6 is 0 Å². The van der Waals surface area contributed by atoms with Gasteiger partial charge in [0.05, 0.1) is 24.6 Å². The molecule has 1 aromatic carbocycles. The number of aromatic nitrogens is 4. The number of ether oxygens (including phenoxy) is 2. The van der Waals surface area contributed by atoms with Crippen LogP contribution in [0.25, 0.3) is 17.1 Å². The highest BCUT2D eigenvalue weighted by Gasteiger charge is 2.24. The molecule has 0 bridgehead atoms. The van der Waals surface area contributed by atoms with Crippen molar-refractivity contribution in [3.8, 4) is 28.7 Å². The summed E-state index contributed by atoms with van der Waals surface area (Å²) in [6.45, 7) is 4.20. The molecular weight excluding hydrogens is 318 g/mol. The van der Waals surface area contributed by atoms with Crippen molar-refractivity contribution in [3.05, 3.63) is 48.4 Å². The van der Waals surface area contributed by atoms with Crippen LogP contribution in [0.2, 0.25) is 0 Å². The van der Waals surface area contributed by atoms with Crippen molar-refractivity contribution >= 4 is 0 Å². The molecule has 0 amide bonds. The molecule has 25 heavy (non-hydrogen) atoms. The van der Waals surface area contributed by atoms with Crippen LogP contribution in [0.3, 0.4) is 0 Å². The second-order valence-electron chi connectivity index (χ2n) is 6.10. The normalized spacial score (nSPS) is 16.3. The van der Waals surface area contributed by atoms with E-state index in [0.29, 0.717) is 11.7 Å². The van der Waals surface area contributed by atoms with Crippen LogP contribution < -0.4 is 4.74 Å². The lowest BCUT2D eigenvalue weighted by Crippen LogP contribution is -2.35. The van der Waals surface area contributed by atoms with Crippen molar-refractivity contribution in [2.24, 2.45) is 0 Å². The van der Waals surface area contributed by atoms with Crippen molar-refractivity contribution in [1.82, 2.24) is 24.6 Å². The number of rotatable bonds is 2. The minimum atomic E-state index is 0.467. The lowest BCUT2D eigenvalue weighted by atomic mass is 10.1. The van der Waals surface area contributed by atoms with E-state index in [9.17, 15) is 0 Å². The highest BCUT2D eigenvalue weighted by Crippen LogP contribution is 2.39. The number of para-hydroxylation sites is 1. The van der Waals surface area contributed by atoms with E-state index in [2.05, 4.69) is 20.9 Å². The number of fused-ring (bicyclic) bond motifs is 5. The number of morpholine rings is 1. The maximum Gasteiger partial charge on any atom is 0.265 e. The quantitative estimate of drug-likeness (QED) is 0.560. The van der Waals surface area contributed by atoms with Gasteiger partial charge in [0.15, 0.2) is 0 Å². The summed E-state index contributed by atoms with van der Waals surface area (Å²) in [6.07, 6.45) is 3.29. The monoisotopic (exact) mass is 335 g/mol. The summed E-state index contributed by atoms with van der Waals surface area (Å²) in [5.74, 6) is 1.84. The van der Waals surface area contributed by atoms with Crippen LogP contribution in [-0.4, -0.2) is 51.0 Å². The fourth-order valence-corrected chi connectivity index (χ4v) is 3.26. The molecule has 1 fully saturated rings. The van der Waals surface area contributed by atoms with E-state index in [1.54, 1.807) is 12.4 Å². The maximum absolute atomic E-state index is 5.97. The highest BCUT2D eigenvalue weighted by atomic mass is 16.5. The second kappa shape index (κ2) is 5.94. The first-order chi connectivity index (χ1) is 12.4. The van der Waals surface area contributed by atoms with Crippen LogP contribution in [0.4, 0.5) is 0 Å². The zero-order valence-electron chi connectivity index (χ0n) is 13.6. The summed E-state index contributed by atoms with van der Waals surface area (Å²) < 4.78 is 13.2. The Morgan fingerprint density at radius 2 is 1.88 bits per heavy atom. The number of hydrogen-bond acceptors (Lipinski definition) is 6. The van der Waals surface area contributed by atoms with Gasteiger partial charge in [-0.15, -0.1) is 0 Å². The topological polar surface area (TPSA) is 65.3 Å². The Balaban J connectivity index is 1.62. The van der Waals surface area contributed by atoms with Gasteiger partial charge in [-0.2, -0.15) is 5.10 Å². The molecule has 7 nitrogen and oxygen atoms in total. The molecule has 2 aromatic heterocycles. The number of nitrogens with zero attached hydrogens (tertiary/aromatic N) is 5. The number of benzene rings is 1. The Morgan fingerprint density at radius 3 is 2.80 bits per heavy atom. The predicted octanol–water partition coefficient (Wildman–Crippen LogP) is 2.27. The molecule has 0 spiro atoms. The highest BCUT2D eigenvalue weighted by molar-refractivity contribution is 5.71. The molecule has 2 aliphatic heterocycles. The van der Waals surface area contributed by atoms with E-state index in [1.807, 2.05) is 28.9 Å². The molecule has 126 valence electrons. The standard InChI is InChI=1S/C18H17N5O2/c1-2-4-16-14(3-1)15-11-13(12-22-7-9-24-10-8-22)21-23(15)17-18(25-16)20-6-5-19-17/h1-6,11H,7-10,12H2. The van der Waals surface area contributed by atoms with E-state index >= 15 is 0 Å². The summed E-state index contributed by atoms with van der Waals surface area (Å²) in [4.78, 5) is 11.1. The fraction of sp³-hybridized carbons (Fsp3) is 0.278. The van der Waals surface area contributed by atoms with E-state index in [1.165, 1.54) is 0 Å². The van der Waals surface area contributed by atoms with Crippen LogP contribution in [-0.2, 0) is 11.3 Å². The largest absolute Gasteiger partial charge is 0.435 e. The molecule has 0 N–H and O–H groups in total. The molecule has 0 saturated carbocycles. The third-order valence-electron chi connectivity index (χ3n) is 4.47. The molecule has 4 heterocycles. The average molecular weight is 335 g/mol. The van der Waals surface area contributed by atoms with E-state index in [0.717, 1.165) is 55.5 Å². The van der Waals surface area contributed by atoms with Gasteiger partial charge in [-0.1, -0.05) is 12.1 Å². The predicted molar refractivity (Wildman–Crippen MR) is 90.8 cm³/mol. The van der Waals surface area contributed by atoms with Gasteiger partial charge >= 0.3 is 0 Å². The Bertz CT molecular complexity index is 854. The first-order valence-electron chi connectivity index (χ1n) is 8.36. The molecule has 0 aliphatic carbocycles. The van der Waals surface area contributed by atoms with Crippen LogP contribution in [0, 0.1) is 0 Å². The minimum absolute atomic E-state index is 0.467. The molecule has 3 aromatic rings. The van der Waals surface area contributed by atoms with Gasteiger partial charge in [0.25, 0.3) is 5.88 Å². The summed E-state index contributed by atoms with van der Waals surface area (Å²) in [6, 6.07) is 10.0. The van der Waals surface area contributed by atoms with Crippen molar-refractivity contribution in [2.45, 2.75) is 6.54 Å². The van der Waals surface area contributed by atoms with Crippen molar-refractivity contribution < 1.29 is 9.47 Å². The molecular formula is C18H17N5O2. The van der Waals surface area contributed by atoms with Gasteiger partial charge in [0.2, 0.25) is 5.82 Å². The Kier molecular flexibility index (Phi) is 3.46. The van der Waals surface area contributed by atoms with Gasteiger partial charge in [0.1, 0.15) is 5.75 Å². The van der Waals surface area contributed by atoms with Crippen molar-refractivity contribution in [1.29, 1.82) is 0 Å². The summed E-state index contributed by atoms with van der Waals surface area (Å²) >= 11 is 0. The Labute approximate surface area is 144 Å². The van der Waals surface area contributed by atoms with Gasteiger partial charge in [0, 0.05) is 37.6 Å². The molecule has 5 rings (SSSR count). The molecule has 0 radical (unpaired) electrons. The first-order valence-corrected chi connectivity index (χ1v) is 8.36. The smallest absolute Gasteiger partial charge is 0.265 e. The van der Waals surface area contributed by atoms with Crippen LogP contribution in [0.15, 0.2) is 42.7 Å².